The van der Waals surface area contributed by atoms with Gasteiger partial charge in [0.15, 0.2) is 6.10 Å². The van der Waals surface area contributed by atoms with Gasteiger partial charge in [-0.15, -0.1) is 0 Å². The lowest BCUT2D eigenvalue weighted by Crippen LogP contribution is -2.65. The van der Waals surface area contributed by atoms with Gasteiger partial charge in [-0.2, -0.15) is 0 Å². The van der Waals surface area contributed by atoms with Gasteiger partial charge in [0.25, 0.3) is 0 Å². The summed E-state index contributed by atoms with van der Waals surface area (Å²) >= 11 is 0. The third kappa shape index (κ3) is 4.66. The monoisotopic (exact) mass is 464 g/mol. The van der Waals surface area contributed by atoms with E-state index >= 15 is 0 Å². The van der Waals surface area contributed by atoms with E-state index in [-0.39, 0.29) is 17.9 Å². The van der Waals surface area contributed by atoms with Crippen LogP contribution in [0.25, 0.3) is 0 Å². The molecule has 4 fully saturated rings. The van der Waals surface area contributed by atoms with Crippen LogP contribution in [0.1, 0.15) is 63.0 Å². The maximum atomic E-state index is 14.0. The topological polar surface area (TPSA) is 26.3 Å². The van der Waals surface area contributed by atoms with E-state index in [4.69, 9.17) is 4.74 Å². The fourth-order valence-electron chi connectivity index (χ4n) is 6.93. The van der Waals surface area contributed by atoms with E-state index < -0.39 is 5.41 Å². The van der Waals surface area contributed by atoms with Crippen LogP contribution in [0.4, 0.5) is 4.39 Å². The first-order chi connectivity index (χ1) is 16.5. The molecule has 2 bridgehead atoms. The molecule has 182 valence electrons. The molecule has 3 aliphatic heterocycles. The Morgan fingerprint density at radius 3 is 2.32 bits per heavy atom. The number of carbonyl (C=O) groups excluding carboxylic acids is 1. The third-order valence-corrected chi connectivity index (χ3v) is 9.31. The molecule has 2 aromatic rings. The average molecular weight is 465 g/mol. The van der Waals surface area contributed by atoms with Gasteiger partial charge in [-0.3, -0.25) is 4.79 Å². The highest BCUT2D eigenvalue weighted by Gasteiger charge is 2.50. The van der Waals surface area contributed by atoms with Gasteiger partial charge in [-0.05, 0) is 48.9 Å². The number of nitrogens with zero attached hydrogens (tertiary/aromatic N) is 1. The second kappa shape index (κ2) is 9.81. The zero-order chi connectivity index (χ0) is 23.6. The van der Waals surface area contributed by atoms with E-state index in [9.17, 15) is 9.18 Å². The number of hydrogen-bond donors (Lipinski definition) is 0. The van der Waals surface area contributed by atoms with E-state index in [1.165, 1.54) is 37.9 Å². The number of rotatable bonds is 7. The SMILES string of the molecule is C[C@](C(=O)OC1C[N+]2(CCc3ccc(F)cc3)CCC1CC2)(c1ccccc1)C1CCCCC1. The first kappa shape index (κ1) is 23.5. The van der Waals surface area contributed by atoms with E-state index in [1.54, 1.807) is 12.1 Å². The minimum atomic E-state index is -0.577. The number of fused-ring (bicyclic) bond motifs is 3. The summed E-state index contributed by atoms with van der Waals surface area (Å²) in [5.41, 5.74) is 1.71. The van der Waals surface area contributed by atoms with Crippen LogP contribution in [-0.4, -0.2) is 42.7 Å². The predicted octanol–water partition coefficient (Wildman–Crippen LogP) is 6.06. The fraction of sp³-hybridized carbons (Fsp3) is 0.567. The number of piperidine rings is 3. The summed E-state index contributed by atoms with van der Waals surface area (Å²) in [7, 11) is 0. The van der Waals surface area contributed by atoms with Crippen molar-refractivity contribution in [3.05, 3.63) is 71.5 Å². The summed E-state index contributed by atoms with van der Waals surface area (Å²) in [5, 5.41) is 0. The molecule has 1 unspecified atom stereocenters. The highest BCUT2D eigenvalue weighted by Crippen LogP contribution is 2.44. The standard InChI is InChI=1S/C30H39FNO2/c1-30(25-8-4-2-5-9-25,26-10-6-3-7-11-26)29(33)34-28-22-32(20-17-24(28)18-21-32)19-16-23-12-14-27(31)15-13-23/h2,4-5,8-9,12-15,24,26,28H,3,6-7,10-11,16-22H2,1H3/q+1/t24?,28?,30-,32?/m0/s1. The first-order valence-corrected chi connectivity index (χ1v) is 13.3. The Balaban J connectivity index is 1.31. The molecule has 4 aliphatic rings. The molecule has 0 aromatic heterocycles. The normalized spacial score (nSPS) is 28.9. The molecule has 2 atom stereocenters. The van der Waals surface area contributed by atoms with Crippen LogP contribution in [0.5, 0.6) is 0 Å². The van der Waals surface area contributed by atoms with Crippen molar-refractivity contribution >= 4 is 5.97 Å². The Bertz CT molecular complexity index is 961. The van der Waals surface area contributed by atoms with Gasteiger partial charge in [0, 0.05) is 25.2 Å². The molecule has 3 heterocycles. The lowest BCUT2D eigenvalue weighted by Gasteiger charge is -2.52. The highest BCUT2D eigenvalue weighted by molar-refractivity contribution is 5.83. The smallest absolute Gasteiger partial charge is 0.317 e. The van der Waals surface area contributed by atoms with Crippen molar-refractivity contribution in [1.29, 1.82) is 0 Å². The molecule has 3 nitrogen and oxygen atoms in total. The van der Waals surface area contributed by atoms with Gasteiger partial charge in [-0.1, -0.05) is 61.7 Å². The van der Waals surface area contributed by atoms with E-state index in [0.717, 1.165) is 55.2 Å². The van der Waals surface area contributed by atoms with Crippen LogP contribution >= 0.6 is 0 Å². The molecular formula is C30H39FNO2+. The molecule has 0 amide bonds. The van der Waals surface area contributed by atoms with Crippen molar-refractivity contribution in [3.63, 3.8) is 0 Å². The van der Waals surface area contributed by atoms with Gasteiger partial charge in [0.05, 0.1) is 25.0 Å². The van der Waals surface area contributed by atoms with Gasteiger partial charge in [-0.25, -0.2) is 4.39 Å². The van der Waals surface area contributed by atoms with Crippen LogP contribution in [0.3, 0.4) is 0 Å². The number of carbonyl (C=O) groups is 1. The Morgan fingerprint density at radius 1 is 0.971 bits per heavy atom. The molecule has 1 saturated carbocycles. The van der Waals surface area contributed by atoms with Gasteiger partial charge >= 0.3 is 5.97 Å². The second-order valence-electron chi connectivity index (χ2n) is 11.3. The molecule has 6 rings (SSSR count). The third-order valence-electron chi connectivity index (χ3n) is 9.31. The van der Waals surface area contributed by atoms with Crippen LogP contribution < -0.4 is 0 Å². The van der Waals surface area contributed by atoms with E-state index in [0.29, 0.717) is 11.8 Å². The molecule has 1 aliphatic carbocycles. The van der Waals surface area contributed by atoms with Crippen molar-refractivity contribution < 1.29 is 18.4 Å². The lowest BCUT2D eigenvalue weighted by molar-refractivity contribution is -0.946. The van der Waals surface area contributed by atoms with Crippen LogP contribution in [0.2, 0.25) is 0 Å². The van der Waals surface area contributed by atoms with Crippen LogP contribution in [-0.2, 0) is 21.4 Å². The number of ether oxygens (including phenoxy) is 1. The average Bonchev–Trinajstić information content (AvgIpc) is 2.89. The maximum Gasteiger partial charge on any atom is 0.317 e. The maximum absolute atomic E-state index is 14.0. The lowest BCUT2D eigenvalue weighted by atomic mass is 9.66. The van der Waals surface area contributed by atoms with Crippen molar-refractivity contribution in [2.75, 3.05) is 26.2 Å². The van der Waals surface area contributed by atoms with E-state index in [1.807, 2.05) is 30.3 Å². The zero-order valence-corrected chi connectivity index (χ0v) is 20.6. The second-order valence-corrected chi connectivity index (χ2v) is 11.3. The van der Waals surface area contributed by atoms with Crippen molar-refractivity contribution in [1.82, 2.24) is 0 Å². The Morgan fingerprint density at radius 2 is 1.65 bits per heavy atom. The molecule has 0 radical (unpaired) electrons. The number of hydrogen-bond acceptors (Lipinski definition) is 2. The molecule has 3 saturated heterocycles. The summed E-state index contributed by atoms with van der Waals surface area (Å²) in [6.45, 7) is 6.43. The number of esters is 1. The molecule has 34 heavy (non-hydrogen) atoms. The molecule has 0 N–H and O–H groups in total. The minimum Gasteiger partial charge on any atom is -0.455 e. The van der Waals surface area contributed by atoms with Crippen molar-refractivity contribution in [2.45, 2.75) is 69.8 Å². The van der Waals surface area contributed by atoms with Crippen molar-refractivity contribution in [2.24, 2.45) is 11.8 Å². The molecule has 2 aromatic carbocycles. The molecule has 4 heteroatoms. The number of benzene rings is 2. The predicted molar refractivity (Wildman–Crippen MR) is 133 cm³/mol. The molecule has 0 spiro atoms. The van der Waals surface area contributed by atoms with Crippen molar-refractivity contribution in [3.8, 4) is 0 Å². The minimum absolute atomic E-state index is 0.00912. The van der Waals surface area contributed by atoms with Gasteiger partial charge in [0.1, 0.15) is 12.4 Å². The highest BCUT2D eigenvalue weighted by atomic mass is 19.1. The summed E-state index contributed by atoms with van der Waals surface area (Å²) in [5.74, 6) is 0.641. The summed E-state index contributed by atoms with van der Waals surface area (Å²) in [6.07, 6.45) is 9.10. The zero-order valence-electron chi connectivity index (χ0n) is 20.6. The van der Waals surface area contributed by atoms with Gasteiger partial charge < -0.3 is 9.22 Å². The van der Waals surface area contributed by atoms with E-state index in [2.05, 4.69) is 19.1 Å². The Hall–Kier alpha value is -2.20. The quantitative estimate of drug-likeness (QED) is 0.368. The largest absolute Gasteiger partial charge is 0.455 e. The summed E-state index contributed by atoms with van der Waals surface area (Å²) < 4.78 is 20.8. The number of halogens is 1. The van der Waals surface area contributed by atoms with Crippen LogP contribution in [0, 0.1) is 17.7 Å². The first-order valence-electron chi connectivity index (χ1n) is 13.3. The fourth-order valence-corrected chi connectivity index (χ4v) is 6.93. The Labute approximate surface area is 203 Å². The summed E-state index contributed by atoms with van der Waals surface area (Å²) in [6, 6.07) is 17.3. The number of quaternary nitrogens is 1. The van der Waals surface area contributed by atoms with Crippen LogP contribution in [0.15, 0.2) is 54.6 Å². The summed E-state index contributed by atoms with van der Waals surface area (Å²) in [4.78, 5) is 14.0. The van der Waals surface area contributed by atoms with Gasteiger partial charge in [0.2, 0.25) is 0 Å². The Kier molecular flexibility index (Phi) is 6.79. The molecular weight excluding hydrogens is 425 g/mol.